The monoisotopic (exact) mass is 371 g/mol. The van der Waals surface area contributed by atoms with E-state index in [2.05, 4.69) is 53.3 Å². The number of nitrogens with zero attached hydrogens (tertiary/aromatic N) is 2. The van der Waals surface area contributed by atoms with Gasteiger partial charge in [0.2, 0.25) is 5.91 Å². The number of likely N-dealkylation sites (tertiary alicyclic amines) is 1. The van der Waals surface area contributed by atoms with Gasteiger partial charge >= 0.3 is 0 Å². The standard InChI is InChI=1S/C21H29N3OS/c1-4-11-24-12-9-18(10-13-24)23-20(25)14-19-21(22-16(3)26-19)17-7-5-15(2)6-8-17/h5-8,18H,4,9-14H2,1-3H3,(H,23,25). The predicted octanol–water partition coefficient (Wildman–Crippen LogP) is 3.96. The molecule has 1 amide bonds. The lowest BCUT2D eigenvalue weighted by molar-refractivity contribution is -0.121. The van der Waals surface area contributed by atoms with Gasteiger partial charge in [-0.15, -0.1) is 11.3 Å². The van der Waals surface area contributed by atoms with Crippen molar-refractivity contribution >= 4 is 17.2 Å². The van der Waals surface area contributed by atoms with Gasteiger partial charge in [0.15, 0.2) is 0 Å². The Bertz CT molecular complexity index is 730. The van der Waals surface area contributed by atoms with Gasteiger partial charge in [-0.3, -0.25) is 4.79 Å². The highest BCUT2D eigenvalue weighted by atomic mass is 32.1. The number of benzene rings is 1. The van der Waals surface area contributed by atoms with Crippen LogP contribution in [0.1, 0.15) is 41.6 Å². The topological polar surface area (TPSA) is 45.2 Å². The largest absolute Gasteiger partial charge is 0.353 e. The van der Waals surface area contributed by atoms with Crippen LogP contribution in [-0.4, -0.2) is 41.5 Å². The second-order valence-corrected chi connectivity index (χ2v) is 8.52. The molecule has 0 saturated carbocycles. The number of amides is 1. The summed E-state index contributed by atoms with van der Waals surface area (Å²) in [4.78, 5) is 20.8. The number of carbonyl (C=O) groups excluding carboxylic acids is 1. The number of hydrogen-bond donors (Lipinski definition) is 1. The number of aromatic nitrogens is 1. The number of hydrogen-bond acceptors (Lipinski definition) is 4. The normalized spacial score (nSPS) is 16.0. The average molecular weight is 372 g/mol. The van der Waals surface area contributed by atoms with Gasteiger partial charge in [0, 0.05) is 29.6 Å². The molecule has 0 aliphatic carbocycles. The van der Waals surface area contributed by atoms with E-state index in [1.54, 1.807) is 11.3 Å². The van der Waals surface area contributed by atoms with Crippen LogP contribution in [0.4, 0.5) is 0 Å². The maximum absolute atomic E-state index is 12.6. The lowest BCUT2D eigenvalue weighted by Crippen LogP contribution is -2.45. The van der Waals surface area contributed by atoms with E-state index < -0.39 is 0 Å². The quantitative estimate of drug-likeness (QED) is 0.836. The molecule has 4 nitrogen and oxygen atoms in total. The van der Waals surface area contributed by atoms with E-state index in [1.165, 1.54) is 18.5 Å². The van der Waals surface area contributed by atoms with Gasteiger partial charge in [0.25, 0.3) is 0 Å². The summed E-state index contributed by atoms with van der Waals surface area (Å²) in [6, 6.07) is 8.69. The highest BCUT2D eigenvalue weighted by Crippen LogP contribution is 2.28. The van der Waals surface area contributed by atoms with Crippen molar-refractivity contribution in [1.82, 2.24) is 15.2 Å². The van der Waals surface area contributed by atoms with E-state index in [1.807, 2.05) is 6.92 Å². The molecule has 2 heterocycles. The van der Waals surface area contributed by atoms with Gasteiger partial charge in [-0.2, -0.15) is 0 Å². The molecule has 1 aliphatic rings. The number of aryl methyl sites for hydroxylation is 2. The van der Waals surface area contributed by atoms with Gasteiger partial charge < -0.3 is 10.2 Å². The lowest BCUT2D eigenvalue weighted by Gasteiger charge is -2.32. The zero-order chi connectivity index (χ0) is 18.5. The van der Waals surface area contributed by atoms with Gasteiger partial charge in [-0.1, -0.05) is 36.8 Å². The SMILES string of the molecule is CCCN1CCC(NC(=O)Cc2sc(C)nc2-c2ccc(C)cc2)CC1. The van der Waals surface area contributed by atoms with Crippen LogP contribution in [0, 0.1) is 13.8 Å². The number of carbonyl (C=O) groups is 1. The summed E-state index contributed by atoms with van der Waals surface area (Å²) in [7, 11) is 0. The lowest BCUT2D eigenvalue weighted by atomic mass is 10.0. The summed E-state index contributed by atoms with van der Waals surface area (Å²) in [6.45, 7) is 9.65. The Morgan fingerprint density at radius 1 is 1.23 bits per heavy atom. The van der Waals surface area contributed by atoms with E-state index in [9.17, 15) is 4.79 Å². The van der Waals surface area contributed by atoms with Crippen LogP contribution in [0.2, 0.25) is 0 Å². The Kier molecular flexibility index (Phi) is 6.43. The zero-order valence-corrected chi connectivity index (χ0v) is 16.9. The van der Waals surface area contributed by atoms with Crippen LogP contribution in [0.25, 0.3) is 11.3 Å². The minimum Gasteiger partial charge on any atom is -0.353 e. The number of thiazole rings is 1. The Balaban J connectivity index is 1.61. The molecular weight excluding hydrogens is 342 g/mol. The molecule has 0 radical (unpaired) electrons. The molecule has 1 saturated heterocycles. The Morgan fingerprint density at radius 2 is 1.92 bits per heavy atom. The van der Waals surface area contributed by atoms with Gasteiger partial charge in [0.1, 0.15) is 0 Å². The molecule has 1 fully saturated rings. The fraction of sp³-hybridized carbons (Fsp3) is 0.524. The molecule has 26 heavy (non-hydrogen) atoms. The third kappa shape index (κ3) is 4.92. The summed E-state index contributed by atoms with van der Waals surface area (Å²) in [5.41, 5.74) is 3.28. The van der Waals surface area contributed by atoms with Crippen molar-refractivity contribution in [2.24, 2.45) is 0 Å². The van der Waals surface area contributed by atoms with Gasteiger partial charge in [-0.25, -0.2) is 4.98 Å². The van der Waals surface area contributed by atoms with Crippen molar-refractivity contribution in [2.45, 2.75) is 52.5 Å². The molecular formula is C21H29N3OS. The first-order valence-corrected chi connectivity index (χ1v) is 10.4. The van der Waals surface area contributed by atoms with Crippen LogP contribution in [0.15, 0.2) is 24.3 Å². The van der Waals surface area contributed by atoms with Crippen molar-refractivity contribution in [1.29, 1.82) is 0 Å². The molecule has 1 aromatic carbocycles. The Labute approximate surface area is 160 Å². The van der Waals surface area contributed by atoms with Crippen molar-refractivity contribution in [3.8, 4) is 11.3 Å². The average Bonchev–Trinajstić information content (AvgIpc) is 2.97. The molecule has 0 atom stereocenters. The Morgan fingerprint density at radius 3 is 2.58 bits per heavy atom. The number of rotatable bonds is 6. The summed E-state index contributed by atoms with van der Waals surface area (Å²) < 4.78 is 0. The fourth-order valence-electron chi connectivity index (χ4n) is 3.57. The molecule has 5 heteroatoms. The first-order chi connectivity index (χ1) is 12.5. The highest BCUT2D eigenvalue weighted by molar-refractivity contribution is 7.12. The molecule has 1 aromatic heterocycles. The summed E-state index contributed by atoms with van der Waals surface area (Å²) >= 11 is 1.63. The summed E-state index contributed by atoms with van der Waals surface area (Å²) in [5, 5.41) is 4.25. The summed E-state index contributed by atoms with van der Waals surface area (Å²) in [5.74, 6) is 0.121. The molecule has 2 aromatic rings. The molecule has 1 aliphatic heterocycles. The Hall–Kier alpha value is -1.72. The molecule has 0 unspecified atom stereocenters. The van der Waals surface area contributed by atoms with Crippen LogP contribution >= 0.6 is 11.3 Å². The van der Waals surface area contributed by atoms with Crippen molar-refractivity contribution in [3.63, 3.8) is 0 Å². The van der Waals surface area contributed by atoms with Crippen molar-refractivity contribution in [3.05, 3.63) is 39.7 Å². The molecule has 0 spiro atoms. The van der Waals surface area contributed by atoms with Gasteiger partial charge in [0.05, 0.1) is 17.1 Å². The minimum atomic E-state index is 0.121. The van der Waals surface area contributed by atoms with Crippen LogP contribution < -0.4 is 5.32 Å². The molecule has 1 N–H and O–H groups in total. The molecule has 3 rings (SSSR count). The number of piperidine rings is 1. The molecule has 140 valence electrons. The zero-order valence-electron chi connectivity index (χ0n) is 16.0. The minimum absolute atomic E-state index is 0.121. The van der Waals surface area contributed by atoms with E-state index >= 15 is 0 Å². The second-order valence-electron chi connectivity index (χ2n) is 7.23. The number of nitrogens with one attached hydrogen (secondary N) is 1. The van der Waals surface area contributed by atoms with Crippen LogP contribution in [0.5, 0.6) is 0 Å². The highest BCUT2D eigenvalue weighted by Gasteiger charge is 2.21. The smallest absolute Gasteiger partial charge is 0.225 e. The predicted molar refractivity (Wildman–Crippen MR) is 109 cm³/mol. The van der Waals surface area contributed by atoms with Crippen molar-refractivity contribution < 1.29 is 4.79 Å². The van der Waals surface area contributed by atoms with E-state index in [0.29, 0.717) is 12.5 Å². The maximum Gasteiger partial charge on any atom is 0.225 e. The van der Waals surface area contributed by atoms with Crippen LogP contribution in [-0.2, 0) is 11.2 Å². The molecule has 0 bridgehead atoms. The maximum atomic E-state index is 12.6. The fourth-order valence-corrected chi connectivity index (χ4v) is 4.52. The van der Waals surface area contributed by atoms with E-state index in [-0.39, 0.29) is 5.91 Å². The second kappa shape index (κ2) is 8.78. The van der Waals surface area contributed by atoms with Gasteiger partial charge in [-0.05, 0) is 39.7 Å². The van der Waals surface area contributed by atoms with E-state index in [0.717, 1.165) is 47.1 Å². The third-order valence-electron chi connectivity index (χ3n) is 4.94. The first kappa shape index (κ1) is 19.1. The first-order valence-electron chi connectivity index (χ1n) is 9.60. The summed E-state index contributed by atoms with van der Waals surface area (Å²) in [6.07, 6.45) is 3.73. The third-order valence-corrected chi connectivity index (χ3v) is 5.91. The van der Waals surface area contributed by atoms with E-state index in [4.69, 9.17) is 0 Å². The van der Waals surface area contributed by atoms with Crippen molar-refractivity contribution in [2.75, 3.05) is 19.6 Å². The van der Waals surface area contributed by atoms with Crippen LogP contribution in [0.3, 0.4) is 0 Å².